The van der Waals surface area contributed by atoms with Crippen molar-refractivity contribution in [1.82, 2.24) is 4.90 Å². The molecular formula is C25H15Br3Cl2N2O4S. The third-order valence-electron chi connectivity index (χ3n) is 5.03. The maximum Gasteiger partial charge on any atom is 0.294 e. The van der Waals surface area contributed by atoms with Gasteiger partial charge < -0.3 is 10.1 Å². The molecule has 0 radical (unpaired) electrons. The predicted molar refractivity (Wildman–Crippen MR) is 158 cm³/mol. The molecule has 0 spiro atoms. The minimum atomic E-state index is -0.540. The van der Waals surface area contributed by atoms with E-state index in [-0.39, 0.29) is 11.5 Å². The molecule has 0 aromatic heterocycles. The second-order valence-corrected chi connectivity index (χ2v) is 12.0. The molecule has 0 saturated carbocycles. The van der Waals surface area contributed by atoms with Gasteiger partial charge in [0.05, 0.1) is 19.5 Å². The summed E-state index contributed by atoms with van der Waals surface area (Å²) in [5.41, 5.74) is 1.97. The van der Waals surface area contributed by atoms with Crippen LogP contribution in [0.1, 0.15) is 11.1 Å². The summed E-state index contributed by atoms with van der Waals surface area (Å²) in [7, 11) is 0. The lowest BCUT2D eigenvalue weighted by Gasteiger charge is -2.13. The van der Waals surface area contributed by atoms with Gasteiger partial charge in [0.1, 0.15) is 18.9 Å². The Morgan fingerprint density at radius 3 is 2.38 bits per heavy atom. The topological polar surface area (TPSA) is 75.7 Å². The number of amides is 3. The zero-order chi connectivity index (χ0) is 26.7. The number of ether oxygens (including phenoxy) is 1. The highest BCUT2D eigenvalue weighted by Crippen LogP contribution is 2.38. The Bertz CT molecular complexity index is 1430. The van der Waals surface area contributed by atoms with Gasteiger partial charge in [-0.3, -0.25) is 19.3 Å². The molecule has 1 fully saturated rings. The van der Waals surface area contributed by atoms with Crippen LogP contribution in [0.4, 0.5) is 10.5 Å². The first-order chi connectivity index (χ1) is 17.6. The number of para-hydroxylation sites is 1. The molecule has 3 amide bonds. The molecule has 1 heterocycles. The highest BCUT2D eigenvalue weighted by molar-refractivity contribution is 9.11. The van der Waals surface area contributed by atoms with Crippen LogP contribution in [0.3, 0.4) is 0 Å². The Hall–Kier alpha value is -1.82. The maximum absolute atomic E-state index is 12.9. The van der Waals surface area contributed by atoms with Gasteiger partial charge in [0.2, 0.25) is 5.91 Å². The number of halogens is 5. The minimum absolute atomic E-state index is 0.208. The SMILES string of the molecule is O=C(CN1C(=O)S/C(=C/c2cc(Br)c(OCc3ccc(Cl)cc3Cl)c(Br)c2)C1=O)Nc1ccccc1Br. The second kappa shape index (κ2) is 12.4. The van der Waals surface area contributed by atoms with E-state index in [1.807, 2.05) is 6.07 Å². The van der Waals surface area contributed by atoms with E-state index >= 15 is 0 Å². The maximum atomic E-state index is 12.9. The Balaban J connectivity index is 1.45. The molecule has 0 atom stereocenters. The molecule has 6 nitrogen and oxygen atoms in total. The summed E-state index contributed by atoms with van der Waals surface area (Å²) in [5, 5.41) is 3.21. The third kappa shape index (κ3) is 6.99. The monoisotopic (exact) mass is 746 g/mol. The van der Waals surface area contributed by atoms with Crippen LogP contribution in [0.15, 0.2) is 72.9 Å². The van der Waals surface area contributed by atoms with Crippen molar-refractivity contribution in [3.05, 3.63) is 94.1 Å². The Morgan fingerprint density at radius 2 is 1.70 bits per heavy atom. The first-order valence-electron chi connectivity index (χ1n) is 10.5. The summed E-state index contributed by atoms with van der Waals surface area (Å²) in [6.45, 7) is -0.177. The summed E-state index contributed by atoms with van der Waals surface area (Å²) in [6.07, 6.45) is 1.59. The summed E-state index contributed by atoms with van der Waals surface area (Å²) in [6, 6.07) is 15.8. The zero-order valence-corrected chi connectivity index (χ0v) is 25.7. The molecule has 3 aromatic rings. The van der Waals surface area contributed by atoms with Crippen molar-refractivity contribution in [2.75, 3.05) is 11.9 Å². The molecule has 0 bridgehead atoms. The van der Waals surface area contributed by atoms with Crippen molar-refractivity contribution < 1.29 is 19.1 Å². The fourth-order valence-corrected chi connectivity index (χ4v) is 6.41. The number of carbonyl (C=O) groups is 3. The number of hydrogen-bond donors (Lipinski definition) is 1. The van der Waals surface area contributed by atoms with E-state index in [1.54, 1.807) is 54.6 Å². The molecule has 1 aliphatic heterocycles. The number of hydrogen-bond acceptors (Lipinski definition) is 5. The van der Waals surface area contributed by atoms with Crippen molar-refractivity contribution in [2.45, 2.75) is 6.61 Å². The summed E-state index contributed by atoms with van der Waals surface area (Å²) >= 11 is 23.3. The van der Waals surface area contributed by atoms with Gasteiger partial charge in [-0.1, -0.05) is 41.4 Å². The fraction of sp³-hybridized carbons (Fsp3) is 0.0800. The largest absolute Gasteiger partial charge is 0.486 e. The zero-order valence-electron chi connectivity index (χ0n) is 18.6. The molecule has 0 aliphatic carbocycles. The van der Waals surface area contributed by atoms with Crippen molar-refractivity contribution >= 4 is 112 Å². The molecule has 3 aromatic carbocycles. The Morgan fingerprint density at radius 1 is 1.00 bits per heavy atom. The van der Waals surface area contributed by atoms with E-state index in [1.165, 1.54) is 0 Å². The molecule has 37 heavy (non-hydrogen) atoms. The number of imide groups is 1. The highest BCUT2D eigenvalue weighted by Gasteiger charge is 2.36. The van der Waals surface area contributed by atoms with Gasteiger partial charge in [-0.15, -0.1) is 0 Å². The van der Waals surface area contributed by atoms with Crippen LogP contribution in [-0.2, 0) is 16.2 Å². The molecular weight excluding hydrogens is 735 g/mol. The molecule has 0 unspecified atom stereocenters. The molecule has 1 saturated heterocycles. The summed E-state index contributed by atoms with van der Waals surface area (Å²) in [4.78, 5) is 38.9. The first kappa shape index (κ1) is 28.2. The number of benzene rings is 3. The normalized spacial score (nSPS) is 14.4. The van der Waals surface area contributed by atoms with Gasteiger partial charge in [0, 0.05) is 20.1 Å². The van der Waals surface area contributed by atoms with E-state index < -0.39 is 23.6 Å². The van der Waals surface area contributed by atoms with Gasteiger partial charge in [0.25, 0.3) is 11.1 Å². The highest BCUT2D eigenvalue weighted by atomic mass is 79.9. The van der Waals surface area contributed by atoms with E-state index in [0.29, 0.717) is 40.5 Å². The second-order valence-electron chi connectivity index (χ2n) is 7.63. The third-order valence-corrected chi connectivity index (χ3v) is 8.39. The average molecular weight is 750 g/mol. The standard InChI is InChI=1S/C25H15Br3Cl2N2O4S/c26-16-3-1-2-4-20(16)31-22(33)11-32-24(34)21(37-25(32)35)9-13-7-17(27)23(18(28)8-13)36-12-14-5-6-15(29)10-19(14)30/h1-10H,11-12H2,(H,31,33)/b21-9+. The van der Waals surface area contributed by atoms with Crippen molar-refractivity contribution in [3.8, 4) is 5.75 Å². The first-order valence-corrected chi connectivity index (χ1v) is 14.4. The number of anilines is 1. The van der Waals surface area contributed by atoms with Crippen LogP contribution >= 0.6 is 82.8 Å². The van der Waals surface area contributed by atoms with Crippen LogP contribution in [0.2, 0.25) is 10.0 Å². The van der Waals surface area contributed by atoms with Gasteiger partial charge in [-0.2, -0.15) is 0 Å². The molecule has 12 heteroatoms. The smallest absolute Gasteiger partial charge is 0.294 e. The van der Waals surface area contributed by atoms with Crippen LogP contribution in [-0.4, -0.2) is 28.5 Å². The number of nitrogens with zero attached hydrogens (tertiary/aromatic N) is 1. The van der Waals surface area contributed by atoms with E-state index in [9.17, 15) is 14.4 Å². The van der Waals surface area contributed by atoms with Crippen LogP contribution in [0.5, 0.6) is 5.75 Å². The Kier molecular flexibility index (Phi) is 9.42. The van der Waals surface area contributed by atoms with Crippen LogP contribution in [0, 0.1) is 0 Å². The van der Waals surface area contributed by atoms with Gasteiger partial charge in [0.15, 0.2) is 0 Å². The van der Waals surface area contributed by atoms with Gasteiger partial charge in [-0.25, -0.2) is 0 Å². The molecule has 1 aliphatic rings. The molecule has 190 valence electrons. The molecule has 1 N–H and O–H groups in total. The van der Waals surface area contributed by atoms with Crippen molar-refractivity contribution in [3.63, 3.8) is 0 Å². The Labute approximate surface area is 252 Å². The lowest BCUT2D eigenvalue weighted by molar-refractivity contribution is -0.127. The quantitative estimate of drug-likeness (QED) is 0.245. The summed E-state index contributed by atoms with van der Waals surface area (Å²) < 4.78 is 7.88. The lowest BCUT2D eigenvalue weighted by Crippen LogP contribution is -2.36. The average Bonchev–Trinajstić information content (AvgIpc) is 3.08. The van der Waals surface area contributed by atoms with E-state index in [0.717, 1.165) is 22.2 Å². The minimum Gasteiger partial charge on any atom is -0.486 e. The number of rotatable bonds is 7. The van der Waals surface area contributed by atoms with Crippen LogP contribution in [0.25, 0.3) is 6.08 Å². The van der Waals surface area contributed by atoms with E-state index in [2.05, 4.69) is 53.1 Å². The number of nitrogens with one attached hydrogen (secondary N) is 1. The lowest BCUT2D eigenvalue weighted by atomic mass is 10.2. The van der Waals surface area contributed by atoms with Crippen molar-refractivity contribution in [1.29, 1.82) is 0 Å². The fourth-order valence-electron chi connectivity index (χ4n) is 3.27. The van der Waals surface area contributed by atoms with Gasteiger partial charge in [-0.05, 0) is 108 Å². The van der Waals surface area contributed by atoms with E-state index in [4.69, 9.17) is 27.9 Å². The number of thioether (sulfide) groups is 1. The van der Waals surface area contributed by atoms with Crippen LogP contribution < -0.4 is 10.1 Å². The van der Waals surface area contributed by atoms with Gasteiger partial charge >= 0.3 is 0 Å². The molecule has 4 rings (SSSR count). The predicted octanol–water partition coefficient (Wildman–Crippen LogP) is 8.53. The number of carbonyl (C=O) groups excluding carboxylic acids is 3. The van der Waals surface area contributed by atoms with Crippen molar-refractivity contribution in [2.24, 2.45) is 0 Å². The summed E-state index contributed by atoms with van der Waals surface area (Å²) in [5.74, 6) is -0.481.